The number of benzene rings is 1. The molecule has 14 heavy (non-hydrogen) atoms. The fraction of sp³-hybridized carbons (Fsp3) is 0.500. The first-order valence-corrected chi connectivity index (χ1v) is 5.18. The average molecular weight is 213 g/mol. The lowest BCUT2D eigenvalue weighted by Crippen LogP contribution is -2.20. The maximum Gasteiger partial charge on any atom is 0.0485 e. The largest absolute Gasteiger partial charge is 0.396 e. The summed E-state index contributed by atoms with van der Waals surface area (Å²) in [4.78, 5) is 0. The average Bonchev–Trinajstić information content (AvgIpc) is 2.10. The van der Waals surface area contributed by atoms with E-state index in [1.54, 1.807) is 0 Å². The highest BCUT2D eigenvalue weighted by atomic mass is 35.5. The molecule has 0 spiro atoms. The van der Waals surface area contributed by atoms with E-state index < -0.39 is 0 Å². The molecule has 0 heterocycles. The van der Waals surface area contributed by atoms with E-state index in [0.29, 0.717) is 0 Å². The van der Waals surface area contributed by atoms with Crippen LogP contribution in [0.15, 0.2) is 18.2 Å². The van der Waals surface area contributed by atoms with Crippen molar-refractivity contribution >= 4 is 11.6 Å². The van der Waals surface area contributed by atoms with E-state index in [2.05, 4.69) is 20.8 Å². The van der Waals surface area contributed by atoms with Crippen molar-refractivity contribution in [3.05, 3.63) is 34.3 Å². The van der Waals surface area contributed by atoms with Gasteiger partial charge in [-0.05, 0) is 42.0 Å². The first-order valence-electron chi connectivity index (χ1n) is 4.80. The van der Waals surface area contributed by atoms with E-state index in [0.717, 1.165) is 11.4 Å². The molecule has 1 N–H and O–H groups in total. The van der Waals surface area contributed by atoms with Gasteiger partial charge in [0.2, 0.25) is 0 Å². The summed E-state index contributed by atoms with van der Waals surface area (Å²) in [6.07, 6.45) is 0.881. The Morgan fingerprint density at radius 2 is 2.00 bits per heavy atom. The van der Waals surface area contributed by atoms with Crippen LogP contribution in [0.25, 0.3) is 0 Å². The van der Waals surface area contributed by atoms with Crippen LogP contribution >= 0.6 is 11.6 Å². The van der Waals surface area contributed by atoms with Gasteiger partial charge in [-0.2, -0.15) is 0 Å². The van der Waals surface area contributed by atoms with Gasteiger partial charge in [-0.1, -0.05) is 31.5 Å². The van der Waals surface area contributed by atoms with Gasteiger partial charge in [0.1, 0.15) is 0 Å². The van der Waals surface area contributed by atoms with Crippen molar-refractivity contribution in [3.8, 4) is 0 Å². The predicted octanol–water partition coefficient (Wildman–Crippen LogP) is 3.21. The summed E-state index contributed by atoms with van der Waals surface area (Å²) in [5.41, 5.74) is 2.39. The summed E-state index contributed by atoms with van der Waals surface area (Å²) in [6, 6.07) is 5.90. The third-order valence-electron chi connectivity index (χ3n) is 2.40. The SMILES string of the molecule is Cc1cc(Cl)ccc1CC(C)(C)CO. The van der Waals surface area contributed by atoms with Crippen molar-refractivity contribution in [2.24, 2.45) is 5.41 Å². The molecule has 0 unspecified atom stereocenters. The molecule has 0 atom stereocenters. The highest BCUT2D eigenvalue weighted by Crippen LogP contribution is 2.24. The van der Waals surface area contributed by atoms with Gasteiger partial charge < -0.3 is 5.11 Å². The van der Waals surface area contributed by atoms with Crippen LogP contribution in [-0.4, -0.2) is 11.7 Å². The highest BCUT2D eigenvalue weighted by Gasteiger charge is 2.17. The Bertz CT molecular complexity index is 318. The molecule has 1 aromatic rings. The monoisotopic (exact) mass is 212 g/mol. The summed E-state index contributed by atoms with van der Waals surface area (Å²) in [7, 11) is 0. The van der Waals surface area contributed by atoms with Crippen molar-refractivity contribution in [1.82, 2.24) is 0 Å². The van der Waals surface area contributed by atoms with Gasteiger partial charge in [-0.3, -0.25) is 0 Å². The van der Waals surface area contributed by atoms with Crippen molar-refractivity contribution in [1.29, 1.82) is 0 Å². The molecule has 78 valence electrons. The Balaban J connectivity index is 2.87. The molecule has 0 aromatic heterocycles. The number of halogens is 1. The number of hydrogen-bond donors (Lipinski definition) is 1. The standard InChI is InChI=1S/C12H17ClO/c1-9-6-11(13)5-4-10(9)7-12(2,3)8-14/h4-6,14H,7-8H2,1-3H3. The first kappa shape index (κ1) is 11.5. The number of aryl methyl sites for hydroxylation is 1. The van der Waals surface area contributed by atoms with Crippen LogP contribution < -0.4 is 0 Å². The Kier molecular flexibility index (Phi) is 3.57. The van der Waals surface area contributed by atoms with E-state index in [1.165, 1.54) is 11.1 Å². The molecular weight excluding hydrogens is 196 g/mol. The molecule has 0 aliphatic carbocycles. The molecule has 1 aromatic carbocycles. The van der Waals surface area contributed by atoms with Gasteiger partial charge in [0.15, 0.2) is 0 Å². The zero-order valence-electron chi connectivity index (χ0n) is 8.97. The maximum atomic E-state index is 9.17. The smallest absolute Gasteiger partial charge is 0.0485 e. The van der Waals surface area contributed by atoms with Gasteiger partial charge in [-0.25, -0.2) is 0 Å². The van der Waals surface area contributed by atoms with E-state index in [1.807, 2.05) is 18.2 Å². The highest BCUT2D eigenvalue weighted by molar-refractivity contribution is 6.30. The lowest BCUT2D eigenvalue weighted by Gasteiger charge is -2.22. The van der Waals surface area contributed by atoms with Crippen molar-refractivity contribution < 1.29 is 5.11 Å². The zero-order chi connectivity index (χ0) is 10.8. The Labute approximate surface area is 90.7 Å². The topological polar surface area (TPSA) is 20.2 Å². The minimum atomic E-state index is -0.0570. The molecule has 0 fully saturated rings. The number of hydrogen-bond acceptors (Lipinski definition) is 1. The van der Waals surface area contributed by atoms with Gasteiger partial charge in [0.25, 0.3) is 0 Å². The van der Waals surface area contributed by atoms with Crippen LogP contribution in [0.2, 0.25) is 5.02 Å². The number of rotatable bonds is 3. The minimum Gasteiger partial charge on any atom is -0.396 e. The van der Waals surface area contributed by atoms with Gasteiger partial charge in [-0.15, -0.1) is 0 Å². The Morgan fingerprint density at radius 1 is 1.36 bits per heavy atom. The molecule has 0 amide bonds. The molecule has 0 bridgehead atoms. The molecule has 0 aliphatic rings. The molecule has 0 saturated heterocycles. The quantitative estimate of drug-likeness (QED) is 0.816. The normalized spacial score (nSPS) is 11.8. The molecule has 0 radical (unpaired) electrons. The maximum absolute atomic E-state index is 9.17. The molecule has 2 heteroatoms. The zero-order valence-corrected chi connectivity index (χ0v) is 9.73. The fourth-order valence-corrected chi connectivity index (χ4v) is 1.66. The van der Waals surface area contributed by atoms with Crippen molar-refractivity contribution in [2.45, 2.75) is 27.2 Å². The molecule has 0 aliphatic heterocycles. The Morgan fingerprint density at radius 3 is 2.50 bits per heavy atom. The van der Waals surface area contributed by atoms with Crippen LogP contribution in [0.4, 0.5) is 0 Å². The van der Waals surface area contributed by atoms with Crippen LogP contribution in [0.3, 0.4) is 0 Å². The second-order valence-corrected chi connectivity index (χ2v) is 5.01. The summed E-state index contributed by atoms with van der Waals surface area (Å²) < 4.78 is 0. The fourth-order valence-electron chi connectivity index (χ4n) is 1.43. The summed E-state index contributed by atoms with van der Waals surface area (Å²) in [5.74, 6) is 0. The van der Waals surface area contributed by atoms with E-state index in [9.17, 15) is 5.11 Å². The van der Waals surface area contributed by atoms with Gasteiger partial charge >= 0.3 is 0 Å². The van der Waals surface area contributed by atoms with Gasteiger partial charge in [0, 0.05) is 11.6 Å². The van der Waals surface area contributed by atoms with Crippen molar-refractivity contribution in [2.75, 3.05) is 6.61 Å². The third-order valence-corrected chi connectivity index (χ3v) is 2.64. The molecular formula is C12H17ClO. The summed E-state index contributed by atoms with van der Waals surface area (Å²) in [6.45, 7) is 6.37. The summed E-state index contributed by atoms with van der Waals surface area (Å²) in [5, 5.41) is 9.95. The molecule has 1 nitrogen and oxygen atoms in total. The van der Waals surface area contributed by atoms with E-state index >= 15 is 0 Å². The van der Waals surface area contributed by atoms with E-state index in [-0.39, 0.29) is 12.0 Å². The number of aliphatic hydroxyl groups excluding tert-OH is 1. The van der Waals surface area contributed by atoms with Crippen LogP contribution in [-0.2, 0) is 6.42 Å². The second kappa shape index (κ2) is 4.33. The molecule has 0 saturated carbocycles. The summed E-state index contributed by atoms with van der Waals surface area (Å²) >= 11 is 5.87. The first-order chi connectivity index (χ1) is 6.44. The van der Waals surface area contributed by atoms with Crippen LogP contribution in [0.5, 0.6) is 0 Å². The van der Waals surface area contributed by atoms with E-state index in [4.69, 9.17) is 11.6 Å². The number of aliphatic hydroxyl groups is 1. The lowest BCUT2D eigenvalue weighted by molar-refractivity contribution is 0.159. The lowest BCUT2D eigenvalue weighted by atomic mass is 9.85. The van der Waals surface area contributed by atoms with Crippen LogP contribution in [0, 0.1) is 12.3 Å². The second-order valence-electron chi connectivity index (χ2n) is 4.57. The molecule has 1 rings (SSSR count). The predicted molar refractivity (Wildman–Crippen MR) is 60.8 cm³/mol. The van der Waals surface area contributed by atoms with Crippen molar-refractivity contribution in [3.63, 3.8) is 0 Å². The Hall–Kier alpha value is -0.530. The van der Waals surface area contributed by atoms with Crippen LogP contribution in [0.1, 0.15) is 25.0 Å². The van der Waals surface area contributed by atoms with Gasteiger partial charge in [0.05, 0.1) is 0 Å². The minimum absolute atomic E-state index is 0.0570. The third kappa shape index (κ3) is 3.00.